The van der Waals surface area contributed by atoms with Gasteiger partial charge < -0.3 is 9.72 Å². The Kier molecular flexibility index (Phi) is 4.19. The highest BCUT2D eigenvalue weighted by molar-refractivity contribution is 6.02. The number of nitrogens with zero attached hydrogens (tertiary/aromatic N) is 2. The Morgan fingerprint density at radius 2 is 2.07 bits per heavy atom. The van der Waals surface area contributed by atoms with Crippen molar-refractivity contribution in [3.63, 3.8) is 0 Å². The van der Waals surface area contributed by atoms with E-state index in [1.165, 1.54) is 0 Å². The number of aromatic nitrogens is 2. The Bertz CT molecular complexity index is 1160. The van der Waals surface area contributed by atoms with Gasteiger partial charge in [0, 0.05) is 18.5 Å². The van der Waals surface area contributed by atoms with Gasteiger partial charge in [0.1, 0.15) is 11.6 Å². The van der Waals surface area contributed by atoms with Crippen molar-refractivity contribution in [3.05, 3.63) is 70.1 Å². The first-order valence-electron chi connectivity index (χ1n) is 9.87. The van der Waals surface area contributed by atoms with Gasteiger partial charge in [0.15, 0.2) is 0 Å². The lowest BCUT2D eigenvalue weighted by Gasteiger charge is -2.23. The number of aryl methyl sites for hydroxylation is 1. The summed E-state index contributed by atoms with van der Waals surface area (Å²) in [4.78, 5) is 34.7. The largest absolute Gasteiger partial charge is 0.493 e. The van der Waals surface area contributed by atoms with Gasteiger partial charge in [-0.1, -0.05) is 6.07 Å². The number of benzene rings is 1. The predicted octanol–water partition coefficient (Wildman–Crippen LogP) is 3.75. The predicted molar refractivity (Wildman–Crippen MR) is 111 cm³/mol. The minimum atomic E-state index is -0.199. The average molecular weight is 387 g/mol. The van der Waals surface area contributed by atoms with Crippen LogP contribution in [-0.2, 0) is 11.2 Å². The summed E-state index contributed by atoms with van der Waals surface area (Å²) < 4.78 is 5.61. The van der Waals surface area contributed by atoms with Crippen molar-refractivity contribution in [3.8, 4) is 17.0 Å². The molecule has 146 valence electrons. The molecule has 3 heterocycles. The number of pyridine rings is 2. The van der Waals surface area contributed by atoms with E-state index in [2.05, 4.69) is 4.98 Å². The molecule has 2 aromatic heterocycles. The number of hydrogen-bond acceptors (Lipinski definition) is 4. The maximum Gasteiger partial charge on any atom is 0.257 e. The number of fused-ring (bicyclic) bond motifs is 1. The van der Waals surface area contributed by atoms with Crippen molar-refractivity contribution in [2.75, 3.05) is 11.5 Å². The van der Waals surface area contributed by atoms with E-state index >= 15 is 0 Å². The van der Waals surface area contributed by atoms with Crippen LogP contribution in [0.1, 0.15) is 24.0 Å². The first kappa shape index (κ1) is 17.7. The number of carbonyl (C=O) groups is 1. The van der Waals surface area contributed by atoms with Crippen LogP contribution in [0, 0.1) is 12.8 Å². The van der Waals surface area contributed by atoms with Gasteiger partial charge in [-0.15, -0.1) is 0 Å². The van der Waals surface area contributed by atoms with E-state index in [-0.39, 0.29) is 17.4 Å². The van der Waals surface area contributed by atoms with Crippen molar-refractivity contribution in [1.82, 2.24) is 9.97 Å². The fourth-order valence-corrected chi connectivity index (χ4v) is 3.72. The number of rotatable bonds is 4. The Labute approximate surface area is 168 Å². The summed E-state index contributed by atoms with van der Waals surface area (Å²) in [6.45, 7) is 2.58. The highest BCUT2D eigenvalue weighted by Gasteiger charge is 2.36. The Hall–Kier alpha value is -3.41. The van der Waals surface area contributed by atoms with Crippen LogP contribution in [-0.4, -0.2) is 22.5 Å². The number of aromatic amines is 1. The number of carbonyl (C=O) groups excluding carboxylic acids is 1. The van der Waals surface area contributed by atoms with Crippen molar-refractivity contribution in [1.29, 1.82) is 0 Å². The molecule has 1 aliphatic heterocycles. The van der Waals surface area contributed by atoms with Crippen LogP contribution in [0.15, 0.2) is 53.5 Å². The Balaban J connectivity index is 1.63. The van der Waals surface area contributed by atoms with Gasteiger partial charge in [-0.3, -0.25) is 14.5 Å². The number of anilines is 2. The van der Waals surface area contributed by atoms with Crippen molar-refractivity contribution in [2.45, 2.75) is 26.2 Å². The molecule has 3 aromatic rings. The minimum Gasteiger partial charge on any atom is -0.493 e. The quantitative estimate of drug-likeness (QED) is 0.740. The molecular weight excluding hydrogens is 366 g/mol. The summed E-state index contributed by atoms with van der Waals surface area (Å²) >= 11 is 0. The zero-order valence-corrected chi connectivity index (χ0v) is 16.1. The molecule has 0 spiro atoms. The smallest absolute Gasteiger partial charge is 0.257 e. The molecule has 0 bridgehead atoms. The van der Waals surface area contributed by atoms with Crippen LogP contribution < -0.4 is 15.2 Å². The van der Waals surface area contributed by atoms with Gasteiger partial charge in [-0.05, 0) is 67.3 Å². The molecule has 6 nitrogen and oxygen atoms in total. The fraction of sp³-hybridized carbons (Fsp3) is 0.261. The number of hydrogen-bond donors (Lipinski definition) is 1. The standard InChI is InChI=1S/C23H21N3O3/c1-14-4-9-20(25-21(14)18-3-2-11-24-22(18)27)26(23(28)15-5-6-15)17-7-8-19-16(13-17)10-12-29-19/h2-4,7-9,11,13,15H,5-6,10,12H2,1H3,(H,24,27). The molecule has 2 aliphatic rings. The third kappa shape index (κ3) is 3.20. The molecule has 0 saturated heterocycles. The Morgan fingerprint density at radius 1 is 1.21 bits per heavy atom. The zero-order valence-electron chi connectivity index (χ0n) is 16.1. The van der Waals surface area contributed by atoms with Gasteiger partial charge >= 0.3 is 0 Å². The van der Waals surface area contributed by atoms with Crippen LogP contribution in [0.4, 0.5) is 11.5 Å². The van der Waals surface area contributed by atoms with Crippen molar-refractivity contribution in [2.24, 2.45) is 5.92 Å². The summed E-state index contributed by atoms with van der Waals surface area (Å²) in [5.41, 5.74) is 3.65. The first-order chi connectivity index (χ1) is 14.1. The Morgan fingerprint density at radius 3 is 2.86 bits per heavy atom. The highest BCUT2D eigenvalue weighted by atomic mass is 16.5. The highest BCUT2D eigenvalue weighted by Crippen LogP contribution is 2.38. The molecule has 1 aliphatic carbocycles. The maximum absolute atomic E-state index is 13.2. The maximum atomic E-state index is 13.2. The number of nitrogens with one attached hydrogen (secondary N) is 1. The monoisotopic (exact) mass is 387 g/mol. The van der Waals surface area contributed by atoms with Crippen molar-refractivity contribution < 1.29 is 9.53 Å². The third-order valence-corrected chi connectivity index (χ3v) is 5.46. The number of amides is 1. The van der Waals surface area contributed by atoms with Crippen LogP contribution in [0.5, 0.6) is 5.75 Å². The summed E-state index contributed by atoms with van der Waals surface area (Å²) in [5.74, 6) is 1.49. The van der Waals surface area contributed by atoms with Gasteiger partial charge in [-0.25, -0.2) is 4.98 Å². The first-order valence-corrected chi connectivity index (χ1v) is 9.87. The second-order valence-electron chi connectivity index (χ2n) is 7.59. The SMILES string of the molecule is Cc1ccc(N(C(=O)C2CC2)c2ccc3c(c2)CCO3)nc1-c1ccc[nH]c1=O. The van der Waals surface area contributed by atoms with Gasteiger partial charge in [-0.2, -0.15) is 0 Å². The van der Waals surface area contributed by atoms with E-state index < -0.39 is 0 Å². The normalized spacial score (nSPS) is 14.9. The minimum absolute atomic E-state index is 0.0335. The fourth-order valence-electron chi connectivity index (χ4n) is 3.72. The summed E-state index contributed by atoms with van der Waals surface area (Å²) in [6.07, 6.45) is 4.24. The summed E-state index contributed by atoms with van der Waals surface area (Å²) in [6, 6.07) is 13.1. The second kappa shape index (κ2) is 6.88. The molecule has 1 saturated carbocycles. The molecule has 1 N–H and O–H groups in total. The molecule has 0 atom stereocenters. The zero-order chi connectivity index (χ0) is 20.0. The molecule has 0 unspecified atom stereocenters. The van der Waals surface area contributed by atoms with Crippen LogP contribution in [0.25, 0.3) is 11.3 Å². The topological polar surface area (TPSA) is 75.3 Å². The van der Waals surface area contributed by atoms with E-state index in [9.17, 15) is 9.59 Å². The summed E-state index contributed by atoms with van der Waals surface area (Å²) in [7, 11) is 0. The van der Waals surface area contributed by atoms with Crippen molar-refractivity contribution >= 4 is 17.4 Å². The molecule has 1 fully saturated rings. The van der Waals surface area contributed by atoms with E-state index in [0.717, 1.165) is 41.8 Å². The number of ether oxygens (including phenoxy) is 1. The van der Waals surface area contributed by atoms with E-state index in [1.807, 2.05) is 37.3 Å². The molecule has 29 heavy (non-hydrogen) atoms. The van der Waals surface area contributed by atoms with Gasteiger partial charge in [0.25, 0.3) is 5.56 Å². The molecule has 6 heteroatoms. The van der Waals surface area contributed by atoms with Crippen LogP contribution in [0.2, 0.25) is 0 Å². The second-order valence-corrected chi connectivity index (χ2v) is 7.59. The lowest BCUT2D eigenvalue weighted by Crippen LogP contribution is -2.28. The lowest BCUT2D eigenvalue weighted by molar-refractivity contribution is -0.119. The van der Waals surface area contributed by atoms with Crippen LogP contribution in [0.3, 0.4) is 0 Å². The average Bonchev–Trinajstić information content (AvgIpc) is 3.48. The lowest BCUT2D eigenvalue weighted by atomic mass is 10.1. The van der Waals surface area contributed by atoms with E-state index in [0.29, 0.717) is 23.7 Å². The van der Waals surface area contributed by atoms with Crippen LogP contribution >= 0.6 is 0 Å². The summed E-state index contributed by atoms with van der Waals surface area (Å²) in [5, 5.41) is 0. The molecule has 1 aromatic carbocycles. The molecule has 0 radical (unpaired) electrons. The molecular formula is C23H21N3O3. The van der Waals surface area contributed by atoms with Gasteiger partial charge in [0.2, 0.25) is 5.91 Å². The molecule has 5 rings (SSSR count). The van der Waals surface area contributed by atoms with Gasteiger partial charge in [0.05, 0.1) is 23.6 Å². The number of H-pyrrole nitrogens is 1. The third-order valence-electron chi connectivity index (χ3n) is 5.46. The molecule has 1 amide bonds. The van der Waals surface area contributed by atoms with E-state index in [1.54, 1.807) is 23.2 Å². The van der Waals surface area contributed by atoms with E-state index in [4.69, 9.17) is 9.72 Å².